The van der Waals surface area contributed by atoms with Crippen LogP contribution in [0.2, 0.25) is 0 Å². The van der Waals surface area contributed by atoms with Crippen molar-refractivity contribution in [1.82, 2.24) is 0 Å². The highest BCUT2D eigenvalue weighted by Gasteiger charge is 2.14. The maximum absolute atomic E-state index is 13.2. The van der Waals surface area contributed by atoms with E-state index < -0.39 is 11.6 Å². The molecule has 0 spiro atoms. The van der Waals surface area contributed by atoms with Crippen LogP contribution in [0.4, 0.5) is 8.78 Å². The minimum Gasteiger partial charge on any atom is -0.489 e. The lowest BCUT2D eigenvalue weighted by atomic mass is 10.2. The largest absolute Gasteiger partial charge is 0.489 e. The maximum atomic E-state index is 13.2. The summed E-state index contributed by atoms with van der Waals surface area (Å²) in [5, 5.41) is 8.67. The van der Waals surface area contributed by atoms with Crippen molar-refractivity contribution in [3.63, 3.8) is 0 Å². The van der Waals surface area contributed by atoms with E-state index in [9.17, 15) is 8.78 Å². The highest BCUT2D eigenvalue weighted by atomic mass is 19.2. The minimum absolute atomic E-state index is 0.0185. The zero-order valence-electron chi connectivity index (χ0n) is 8.39. The van der Waals surface area contributed by atoms with Crippen LogP contribution in [0.3, 0.4) is 0 Å². The van der Waals surface area contributed by atoms with Crippen molar-refractivity contribution in [2.75, 3.05) is 6.61 Å². The number of benzene rings is 1. The molecule has 2 nitrogen and oxygen atoms in total. The maximum Gasteiger partial charge on any atom is 0.201 e. The normalized spacial score (nSPS) is 9.73. The molecule has 0 aliphatic heterocycles. The van der Waals surface area contributed by atoms with Crippen LogP contribution in [-0.2, 0) is 0 Å². The molecule has 80 valence electrons. The molecule has 4 heteroatoms. The first kappa shape index (κ1) is 11.4. The number of ether oxygens (including phenoxy) is 1. The molecule has 0 amide bonds. The number of unbranched alkanes of at least 4 members (excludes halogenated alkanes) is 1. The Hall–Kier alpha value is -1.63. The number of nitrogens with zero attached hydrogens (tertiary/aromatic N) is 1. The summed E-state index contributed by atoms with van der Waals surface area (Å²) in [6.45, 7) is 2.24. The molecule has 0 saturated carbocycles. The Bertz CT molecular complexity index is 385. The molecule has 0 aromatic heterocycles. The third-order valence-corrected chi connectivity index (χ3v) is 1.91. The first-order valence-electron chi connectivity index (χ1n) is 4.71. The summed E-state index contributed by atoms with van der Waals surface area (Å²) in [4.78, 5) is 0. The Morgan fingerprint density at radius 3 is 2.73 bits per heavy atom. The molecular weight excluding hydrogens is 200 g/mol. The van der Waals surface area contributed by atoms with Crippen molar-refractivity contribution in [1.29, 1.82) is 5.26 Å². The molecule has 1 aromatic rings. The zero-order chi connectivity index (χ0) is 11.3. The summed E-state index contributed by atoms with van der Waals surface area (Å²) in [5.74, 6) is -2.38. The second kappa shape index (κ2) is 5.30. The van der Waals surface area contributed by atoms with E-state index in [1.165, 1.54) is 6.07 Å². The van der Waals surface area contributed by atoms with Crippen LogP contribution in [-0.4, -0.2) is 6.61 Å². The summed E-state index contributed by atoms with van der Waals surface area (Å²) in [6, 6.07) is 3.88. The van der Waals surface area contributed by atoms with E-state index in [1.54, 1.807) is 6.07 Å². The Morgan fingerprint density at radius 2 is 2.13 bits per heavy atom. The van der Waals surface area contributed by atoms with Gasteiger partial charge in [0.25, 0.3) is 0 Å². The van der Waals surface area contributed by atoms with Crippen LogP contribution >= 0.6 is 0 Å². The Labute approximate surface area is 87.1 Å². The van der Waals surface area contributed by atoms with Crippen LogP contribution in [0.5, 0.6) is 5.75 Å². The van der Waals surface area contributed by atoms with Gasteiger partial charge in [0, 0.05) is 0 Å². The topological polar surface area (TPSA) is 33.0 Å². The van der Waals surface area contributed by atoms with Gasteiger partial charge in [-0.1, -0.05) is 13.3 Å². The van der Waals surface area contributed by atoms with Crippen molar-refractivity contribution in [2.45, 2.75) is 19.8 Å². The lowest BCUT2D eigenvalue weighted by Crippen LogP contribution is -2.02. The molecule has 0 unspecified atom stereocenters. The van der Waals surface area contributed by atoms with Crippen molar-refractivity contribution in [3.8, 4) is 11.8 Å². The standard InChI is InChI=1S/C11H11F2NO/c1-2-3-6-15-11-8(7-14)4-5-9(12)10(11)13/h4-5H,2-3,6H2,1H3. The highest BCUT2D eigenvalue weighted by Crippen LogP contribution is 2.24. The smallest absolute Gasteiger partial charge is 0.201 e. The molecule has 0 aliphatic carbocycles. The third-order valence-electron chi connectivity index (χ3n) is 1.91. The van der Waals surface area contributed by atoms with Crippen molar-refractivity contribution in [3.05, 3.63) is 29.3 Å². The van der Waals surface area contributed by atoms with Crippen LogP contribution in [0, 0.1) is 23.0 Å². The van der Waals surface area contributed by atoms with Gasteiger partial charge in [-0.15, -0.1) is 0 Å². The molecule has 15 heavy (non-hydrogen) atoms. The van der Waals surface area contributed by atoms with Crippen LogP contribution in [0.15, 0.2) is 12.1 Å². The molecule has 0 saturated heterocycles. The molecule has 0 aliphatic rings. The van der Waals surface area contributed by atoms with E-state index in [4.69, 9.17) is 10.00 Å². The predicted octanol–water partition coefficient (Wildman–Crippen LogP) is 3.02. The van der Waals surface area contributed by atoms with Gasteiger partial charge in [0.2, 0.25) is 5.82 Å². The minimum atomic E-state index is -1.09. The fourth-order valence-corrected chi connectivity index (χ4v) is 1.08. The van der Waals surface area contributed by atoms with E-state index in [0.29, 0.717) is 0 Å². The van der Waals surface area contributed by atoms with Crippen LogP contribution in [0.25, 0.3) is 0 Å². The monoisotopic (exact) mass is 211 g/mol. The van der Waals surface area contributed by atoms with Gasteiger partial charge >= 0.3 is 0 Å². The first-order chi connectivity index (χ1) is 7.20. The second-order valence-corrected chi connectivity index (χ2v) is 3.05. The highest BCUT2D eigenvalue weighted by molar-refractivity contribution is 5.44. The molecule has 1 aromatic carbocycles. The predicted molar refractivity (Wildman–Crippen MR) is 51.5 cm³/mol. The zero-order valence-corrected chi connectivity index (χ0v) is 8.39. The van der Waals surface area contributed by atoms with Crippen LogP contribution < -0.4 is 4.74 Å². The van der Waals surface area contributed by atoms with Crippen molar-refractivity contribution < 1.29 is 13.5 Å². The Morgan fingerprint density at radius 1 is 1.40 bits per heavy atom. The van der Waals surface area contributed by atoms with Gasteiger partial charge < -0.3 is 4.74 Å². The lowest BCUT2D eigenvalue weighted by Gasteiger charge is -2.08. The molecule has 0 radical (unpaired) electrons. The van der Waals surface area contributed by atoms with E-state index in [2.05, 4.69) is 0 Å². The van der Waals surface area contributed by atoms with Gasteiger partial charge in [-0.3, -0.25) is 0 Å². The van der Waals surface area contributed by atoms with E-state index in [0.717, 1.165) is 18.9 Å². The van der Waals surface area contributed by atoms with Crippen molar-refractivity contribution >= 4 is 0 Å². The molecule has 0 bridgehead atoms. The fraction of sp³-hybridized carbons (Fsp3) is 0.364. The van der Waals surface area contributed by atoms with Gasteiger partial charge in [-0.25, -0.2) is 4.39 Å². The summed E-state index contributed by atoms with van der Waals surface area (Å²) >= 11 is 0. The summed E-state index contributed by atoms with van der Waals surface area (Å²) in [6.07, 6.45) is 1.62. The van der Waals surface area contributed by atoms with Gasteiger partial charge in [-0.05, 0) is 18.6 Å². The average molecular weight is 211 g/mol. The second-order valence-electron chi connectivity index (χ2n) is 3.05. The summed E-state index contributed by atoms with van der Waals surface area (Å²) in [7, 11) is 0. The summed E-state index contributed by atoms with van der Waals surface area (Å²) < 4.78 is 31.1. The lowest BCUT2D eigenvalue weighted by molar-refractivity contribution is 0.288. The third kappa shape index (κ3) is 2.66. The van der Waals surface area contributed by atoms with Crippen LogP contribution in [0.1, 0.15) is 25.3 Å². The van der Waals surface area contributed by atoms with Gasteiger partial charge in [0.15, 0.2) is 11.6 Å². The first-order valence-corrected chi connectivity index (χ1v) is 4.71. The number of hydrogen-bond acceptors (Lipinski definition) is 2. The number of rotatable bonds is 4. The molecule has 0 atom stereocenters. The quantitative estimate of drug-likeness (QED) is 0.717. The molecule has 0 N–H and O–H groups in total. The SMILES string of the molecule is CCCCOc1c(C#N)ccc(F)c1F. The summed E-state index contributed by atoms with van der Waals surface area (Å²) in [5.41, 5.74) is 0.0185. The Balaban J connectivity index is 2.93. The molecule has 0 heterocycles. The van der Waals surface area contributed by atoms with E-state index >= 15 is 0 Å². The van der Waals surface area contributed by atoms with Gasteiger partial charge in [-0.2, -0.15) is 9.65 Å². The average Bonchev–Trinajstić information content (AvgIpc) is 2.25. The Kier molecular flexibility index (Phi) is 4.04. The van der Waals surface area contributed by atoms with Crippen molar-refractivity contribution in [2.24, 2.45) is 0 Å². The fourth-order valence-electron chi connectivity index (χ4n) is 1.08. The number of nitriles is 1. The van der Waals surface area contributed by atoms with E-state index in [1.807, 2.05) is 6.92 Å². The number of hydrogen-bond donors (Lipinski definition) is 0. The molecule has 0 fully saturated rings. The number of halogens is 2. The molecular formula is C11H11F2NO. The van der Waals surface area contributed by atoms with Gasteiger partial charge in [0.05, 0.1) is 12.2 Å². The van der Waals surface area contributed by atoms with Gasteiger partial charge in [0.1, 0.15) is 6.07 Å². The van der Waals surface area contributed by atoms with E-state index in [-0.39, 0.29) is 17.9 Å². The molecule has 1 rings (SSSR count).